The minimum Gasteiger partial charge on any atom is -0.325 e. The summed E-state index contributed by atoms with van der Waals surface area (Å²) in [6.07, 6.45) is 10.5. The predicted octanol–water partition coefficient (Wildman–Crippen LogP) is 2.43. The molecular weight excluding hydrogens is 184 g/mol. The van der Waals surface area contributed by atoms with E-state index in [0.29, 0.717) is 0 Å². The highest BCUT2D eigenvalue weighted by molar-refractivity contribution is 4.94. The third-order valence-corrected chi connectivity index (χ3v) is 4.33. The van der Waals surface area contributed by atoms with Crippen molar-refractivity contribution in [2.24, 2.45) is 11.7 Å². The lowest BCUT2D eigenvalue weighted by Gasteiger charge is -2.33. The van der Waals surface area contributed by atoms with E-state index in [1.54, 1.807) is 0 Å². The maximum Gasteiger partial charge on any atom is 0.0166 e. The molecule has 0 bridgehead atoms. The molecule has 15 heavy (non-hydrogen) atoms. The van der Waals surface area contributed by atoms with Crippen LogP contribution in [0.2, 0.25) is 0 Å². The Kier molecular flexibility index (Phi) is 3.68. The summed E-state index contributed by atoms with van der Waals surface area (Å²) < 4.78 is 0. The van der Waals surface area contributed by atoms with Gasteiger partial charge in [-0.2, -0.15) is 0 Å². The van der Waals surface area contributed by atoms with Crippen LogP contribution in [0.3, 0.4) is 0 Å². The van der Waals surface area contributed by atoms with Crippen LogP contribution in [0.15, 0.2) is 0 Å². The third-order valence-electron chi connectivity index (χ3n) is 4.33. The molecule has 2 nitrogen and oxygen atoms in total. The largest absolute Gasteiger partial charge is 0.325 e. The molecule has 2 atom stereocenters. The standard InChI is InChI=1S/C13H26N2/c1-2-11-10-12(11)15-9-8-13(14)6-4-3-5-7-13/h11-12,15H,2-10,14H2,1H3. The molecule has 0 aromatic carbocycles. The summed E-state index contributed by atoms with van der Waals surface area (Å²) in [5.74, 6) is 0.963. The van der Waals surface area contributed by atoms with Crippen molar-refractivity contribution in [3.63, 3.8) is 0 Å². The molecule has 0 heterocycles. The van der Waals surface area contributed by atoms with E-state index in [1.165, 1.54) is 51.4 Å². The highest BCUT2D eigenvalue weighted by Gasteiger charge is 2.35. The zero-order valence-corrected chi connectivity index (χ0v) is 10.1. The lowest BCUT2D eigenvalue weighted by molar-refractivity contribution is 0.274. The Hall–Kier alpha value is -0.0800. The summed E-state index contributed by atoms with van der Waals surface area (Å²) in [5.41, 5.74) is 6.56. The van der Waals surface area contributed by atoms with Gasteiger partial charge in [0.1, 0.15) is 0 Å². The van der Waals surface area contributed by atoms with Gasteiger partial charge in [-0.1, -0.05) is 32.6 Å². The third kappa shape index (κ3) is 3.18. The number of hydrogen-bond acceptors (Lipinski definition) is 2. The highest BCUT2D eigenvalue weighted by atomic mass is 15.0. The van der Waals surface area contributed by atoms with Gasteiger partial charge in [0.2, 0.25) is 0 Å². The SMILES string of the molecule is CCC1CC1NCCC1(N)CCCCC1. The Balaban J connectivity index is 1.60. The van der Waals surface area contributed by atoms with Crippen LogP contribution in [-0.2, 0) is 0 Å². The van der Waals surface area contributed by atoms with Crippen molar-refractivity contribution in [3.8, 4) is 0 Å². The second-order valence-corrected chi connectivity index (χ2v) is 5.64. The highest BCUT2D eigenvalue weighted by Crippen LogP contribution is 2.33. The maximum atomic E-state index is 6.39. The molecule has 2 aliphatic carbocycles. The van der Waals surface area contributed by atoms with Crippen molar-refractivity contribution in [2.75, 3.05) is 6.54 Å². The van der Waals surface area contributed by atoms with Crippen LogP contribution in [0.25, 0.3) is 0 Å². The molecule has 0 spiro atoms. The zero-order chi connectivity index (χ0) is 10.7. The molecule has 0 aliphatic heterocycles. The Morgan fingerprint density at radius 3 is 2.60 bits per heavy atom. The summed E-state index contributed by atoms with van der Waals surface area (Å²) in [6, 6.07) is 0.821. The predicted molar refractivity (Wildman–Crippen MR) is 64.8 cm³/mol. The van der Waals surface area contributed by atoms with Gasteiger partial charge in [0.05, 0.1) is 0 Å². The summed E-state index contributed by atoms with van der Waals surface area (Å²) in [7, 11) is 0. The van der Waals surface area contributed by atoms with Gasteiger partial charge in [-0.25, -0.2) is 0 Å². The van der Waals surface area contributed by atoms with Crippen molar-refractivity contribution in [3.05, 3.63) is 0 Å². The van der Waals surface area contributed by atoms with E-state index < -0.39 is 0 Å². The van der Waals surface area contributed by atoms with Crippen LogP contribution in [-0.4, -0.2) is 18.1 Å². The van der Waals surface area contributed by atoms with Crippen LogP contribution < -0.4 is 11.1 Å². The summed E-state index contributed by atoms with van der Waals surface area (Å²) >= 11 is 0. The summed E-state index contributed by atoms with van der Waals surface area (Å²) in [4.78, 5) is 0. The van der Waals surface area contributed by atoms with E-state index in [2.05, 4.69) is 12.2 Å². The Morgan fingerprint density at radius 2 is 2.00 bits per heavy atom. The number of nitrogens with one attached hydrogen (secondary N) is 1. The molecular formula is C13H26N2. The molecule has 2 rings (SSSR count). The first-order valence-corrected chi connectivity index (χ1v) is 6.76. The first-order valence-electron chi connectivity index (χ1n) is 6.76. The number of nitrogens with two attached hydrogens (primary N) is 1. The van der Waals surface area contributed by atoms with Crippen LogP contribution in [0.4, 0.5) is 0 Å². The molecule has 2 heteroatoms. The minimum absolute atomic E-state index is 0.169. The average Bonchev–Trinajstić information content (AvgIpc) is 2.97. The van der Waals surface area contributed by atoms with Crippen LogP contribution in [0.5, 0.6) is 0 Å². The molecule has 2 aliphatic rings. The van der Waals surface area contributed by atoms with E-state index >= 15 is 0 Å². The first kappa shape index (κ1) is 11.4. The second-order valence-electron chi connectivity index (χ2n) is 5.64. The van der Waals surface area contributed by atoms with Crippen molar-refractivity contribution in [1.82, 2.24) is 5.32 Å². The monoisotopic (exact) mass is 210 g/mol. The fraction of sp³-hybridized carbons (Fsp3) is 1.00. The second kappa shape index (κ2) is 4.84. The van der Waals surface area contributed by atoms with E-state index in [-0.39, 0.29) is 5.54 Å². The van der Waals surface area contributed by atoms with Crippen molar-refractivity contribution < 1.29 is 0 Å². The summed E-state index contributed by atoms with van der Waals surface area (Å²) in [5, 5.41) is 3.65. The normalized spacial score (nSPS) is 34.0. The van der Waals surface area contributed by atoms with Crippen LogP contribution in [0, 0.1) is 5.92 Å². The lowest BCUT2D eigenvalue weighted by atomic mass is 9.80. The lowest BCUT2D eigenvalue weighted by Crippen LogP contribution is -2.44. The Morgan fingerprint density at radius 1 is 1.27 bits per heavy atom. The Bertz CT molecular complexity index is 197. The molecule has 0 radical (unpaired) electrons. The molecule has 2 unspecified atom stereocenters. The fourth-order valence-corrected chi connectivity index (χ4v) is 2.96. The molecule has 0 aromatic heterocycles. The molecule has 0 saturated heterocycles. The van der Waals surface area contributed by atoms with Gasteiger partial charge in [0, 0.05) is 11.6 Å². The topological polar surface area (TPSA) is 38.0 Å². The van der Waals surface area contributed by atoms with Gasteiger partial charge >= 0.3 is 0 Å². The maximum absolute atomic E-state index is 6.39. The van der Waals surface area contributed by atoms with Crippen LogP contribution >= 0.6 is 0 Å². The first-order chi connectivity index (χ1) is 7.23. The Labute approximate surface area is 94.0 Å². The molecule has 2 fully saturated rings. The van der Waals surface area contributed by atoms with Gasteiger partial charge in [-0.05, 0) is 38.1 Å². The molecule has 0 aromatic rings. The van der Waals surface area contributed by atoms with Gasteiger partial charge < -0.3 is 11.1 Å². The van der Waals surface area contributed by atoms with Crippen molar-refractivity contribution >= 4 is 0 Å². The fourth-order valence-electron chi connectivity index (χ4n) is 2.96. The molecule has 0 amide bonds. The summed E-state index contributed by atoms with van der Waals surface area (Å²) in [6.45, 7) is 3.43. The van der Waals surface area contributed by atoms with Crippen molar-refractivity contribution in [1.29, 1.82) is 0 Å². The van der Waals surface area contributed by atoms with Gasteiger partial charge in [0.25, 0.3) is 0 Å². The van der Waals surface area contributed by atoms with Gasteiger partial charge in [0.15, 0.2) is 0 Å². The van der Waals surface area contributed by atoms with Crippen LogP contribution in [0.1, 0.15) is 58.3 Å². The smallest absolute Gasteiger partial charge is 0.0166 e. The minimum atomic E-state index is 0.169. The van der Waals surface area contributed by atoms with E-state index in [4.69, 9.17) is 5.73 Å². The van der Waals surface area contributed by atoms with Crippen molar-refractivity contribution in [2.45, 2.75) is 69.9 Å². The van der Waals surface area contributed by atoms with E-state index in [1.807, 2.05) is 0 Å². The number of rotatable bonds is 5. The van der Waals surface area contributed by atoms with E-state index in [9.17, 15) is 0 Å². The average molecular weight is 210 g/mol. The van der Waals surface area contributed by atoms with E-state index in [0.717, 1.165) is 18.5 Å². The molecule has 2 saturated carbocycles. The molecule has 88 valence electrons. The number of hydrogen-bond donors (Lipinski definition) is 2. The molecule has 3 N–H and O–H groups in total. The van der Waals surface area contributed by atoms with Gasteiger partial charge in [-0.3, -0.25) is 0 Å². The quantitative estimate of drug-likeness (QED) is 0.731. The zero-order valence-electron chi connectivity index (χ0n) is 10.1. The van der Waals surface area contributed by atoms with Gasteiger partial charge in [-0.15, -0.1) is 0 Å².